The highest BCUT2D eigenvalue weighted by Gasteiger charge is 2.49. The van der Waals surface area contributed by atoms with Crippen LogP contribution < -0.4 is 4.72 Å². The van der Waals surface area contributed by atoms with Crippen molar-refractivity contribution in [1.29, 1.82) is 0 Å². The summed E-state index contributed by atoms with van der Waals surface area (Å²) in [5, 5.41) is 3.91. The van der Waals surface area contributed by atoms with Crippen LogP contribution in [0.3, 0.4) is 0 Å². The van der Waals surface area contributed by atoms with E-state index < -0.39 is 15.6 Å². The number of aryl methyl sites for hydroxylation is 2. The molecule has 1 spiro atoms. The molecule has 0 unspecified atom stereocenters. The lowest BCUT2D eigenvalue weighted by Crippen LogP contribution is -2.40. The first-order valence-electron chi connectivity index (χ1n) is 15.6. The van der Waals surface area contributed by atoms with E-state index >= 15 is 0 Å². The van der Waals surface area contributed by atoms with E-state index in [1.165, 1.54) is 0 Å². The Morgan fingerprint density at radius 3 is 2.47 bits per heavy atom. The zero-order valence-corrected chi connectivity index (χ0v) is 26.9. The van der Waals surface area contributed by atoms with Crippen molar-refractivity contribution in [3.05, 3.63) is 64.9 Å². The molecule has 1 aromatic heterocycles. The summed E-state index contributed by atoms with van der Waals surface area (Å²) in [7, 11) is -3.96. The van der Waals surface area contributed by atoms with Crippen LogP contribution in [0.5, 0.6) is 0 Å². The molecule has 2 heterocycles. The van der Waals surface area contributed by atoms with Crippen LogP contribution in [0.2, 0.25) is 0 Å². The van der Waals surface area contributed by atoms with Crippen molar-refractivity contribution in [2.24, 2.45) is 10.9 Å². The van der Waals surface area contributed by atoms with Crippen molar-refractivity contribution in [2.45, 2.75) is 109 Å². The number of carbonyl (C=O) groups excluding carboxylic acids is 1. The van der Waals surface area contributed by atoms with Crippen LogP contribution in [0.15, 0.2) is 56.9 Å². The van der Waals surface area contributed by atoms with Crippen LogP contribution >= 0.6 is 0 Å². The smallest absolute Gasteiger partial charge is 0.263 e. The minimum Gasteiger partial charge on any atom is -0.359 e. The zero-order valence-electron chi connectivity index (χ0n) is 26.1. The molecule has 230 valence electrons. The number of sulfonamides is 1. The Hall–Kier alpha value is -3.46. The van der Waals surface area contributed by atoms with Gasteiger partial charge < -0.3 is 4.52 Å². The van der Waals surface area contributed by atoms with Gasteiger partial charge in [0.05, 0.1) is 11.4 Å². The molecule has 0 bridgehead atoms. The summed E-state index contributed by atoms with van der Waals surface area (Å²) >= 11 is 0. The van der Waals surface area contributed by atoms with E-state index in [0.717, 1.165) is 80.3 Å². The Bertz CT molecular complexity index is 1620. The summed E-state index contributed by atoms with van der Waals surface area (Å²) in [6, 6.07) is 13.3. The van der Waals surface area contributed by atoms with Gasteiger partial charge >= 0.3 is 0 Å². The largest absolute Gasteiger partial charge is 0.359 e. The quantitative estimate of drug-likeness (QED) is 0.229. The van der Waals surface area contributed by atoms with Crippen molar-refractivity contribution < 1.29 is 17.7 Å². The van der Waals surface area contributed by atoms with Crippen LogP contribution in [-0.4, -0.2) is 35.8 Å². The zero-order chi connectivity index (χ0) is 30.8. The highest BCUT2D eigenvalue weighted by molar-refractivity contribution is 7.92. The number of amides is 1. The molecule has 43 heavy (non-hydrogen) atoms. The fourth-order valence-corrected chi connectivity index (χ4v) is 7.44. The minimum absolute atomic E-state index is 0.143. The van der Waals surface area contributed by atoms with Gasteiger partial charge in [-0.15, -0.1) is 0 Å². The fraction of sp³-hybridized carbons (Fsp3) is 0.500. The molecule has 0 radical (unpaired) electrons. The number of aliphatic imine (C=N–C) groups is 1. The van der Waals surface area contributed by atoms with E-state index in [9.17, 15) is 13.2 Å². The van der Waals surface area contributed by atoms with Gasteiger partial charge in [-0.1, -0.05) is 81.6 Å². The number of aromatic nitrogens is 1. The van der Waals surface area contributed by atoms with Crippen LogP contribution in [0.1, 0.15) is 94.6 Å². The molecule has 1 N–H and O–H groups in total. The fourth-order valence-electron chi connectivity index (χ4n) is 6.16. The van der Waals surface area contributed by atoms with E-state index in [0.29, 0.717) is 29.3 Å². The maximum atomic E-state index is 13.8. The summed E-state index contributed by atoms with van der Waals surface area (Å²) in [5.41, 5.74) is 3.69. The van der Waals surface area contributed by atoms with Crippen molar-refractivity contribution in [3.63, 3.8) is 0 Å². The van der Waals surface area contributed by atoms with E-state index in [2.05, 4.69) is 36.7 Å². The Morgan fingerprint density at radius 1 is 1.05 bits per heavy atom. The monoisotopic (exact) mass is 604 g/mol. The molecule has 3 aromatic rings. The highest BCUT2D eigenvalue weighted by Crippen LogP contribution is 2.40. The molecule has 1 fully saturated rings. The third kappa shape index (κ3) is 6.42. The second kappa shape index (κ2) is 12.6. The van der Waals surface area contributed by atoms with Gasteiger partial charge in [-0.2, -0.15) is 0 Å². The normalized spacial score (nSPS) is 16.5. The summed E-state index contributed by atoms with van der Waals surface area (Å²) in [6.07, 6.45) is 8.38. The lowest BCUT2D eigenvalue weighted by molar-refractivity contribution is -0.131. The average Bonchev–Trinajstić information content (AvgIpc) is 3.66. The summed E-state index contributed by atoms with van der Waals surface area (Å²) in [6.45, 7) is 10.5. The Balaban J connectivity index is 1.50. The maximum absolute atomic E-state index is 13.8. The first-order valence-corrected chi connectivity index (χ1v) is 17.1. The van der Waals surface area contributed by atoms with Crippen LogP contribution in [-0.2, 0) is 27.8 Å². The van der Waals surface area contributed by atoms with E-state index in [1.54, 1.807) is 26.0 Å². The van der Waals surface area contributed by atoms with Gasteiger partial charge in [0.15, 0.2) is 5.82 Å². The second-order valence-corrected chi connectivity index (χ2v) is 14.2. The number of nitrogens with one attached hydrogen (secondary N) is 1. The molecule has 5 rings (SSSR count). The number of benzene rings is 2. The number of nitrogens with zero attached hydrogens (tertiary/aromatic N) is 3. The SMILES string of the molecule is CCCCC1=NC2(CCCC2)C(=O)N1Cc1ccc(-c2ccccc2S(=O)(=O)Nc2noc(C)c2C)c(CCC(C)C)c1. The molecule has 9 heteroatoms. The van der Waals surface area contributed by atoms with E-state index in [1.807, 2.05) is 29.2 Å². The molecule has 0 atom stereocenters. The lowest BCUT2D eigenvalue weighted by Gasteiger charge is -2.23. The number of unbranched alkanes of at least 4 members (excludes halogenated alkanes) is 1. The number of hydrogen-bond donors (Lipinski definition) is 1. The maximum Gasteiger partial charge on any atom is 0.263 e. The van der Waals surface area contributed by atoms with Crippen molar-refractivity contribution in [2.75, 3.05) is 4.72 Å². The number of amidine groups is 1. The predicted molar refractivity (Wildman–Crippen MR) is 171 cm³/mol. The molecule has 1 amide bonds. The number of carbonyl (C=O) groups is 1. The van der Waals surface area contributed by atoms with Crippen molar-refractivity contribution in [1.82, 2.24) is 10.1 Å². The predicted octanol–water partition coefficient (Wildman–Crippen LogP) is 7.59. The van der Waals surface area contributed by atoms with Crippen LogP contribution in [0.4, 0.5) is 5.82 Å². The van der Waals surface area contributed by atoms with Gasteiger partial charge in [-0.3, -0.25) is 19.4 Å². The van der Waals surface area contributed by atoms with Crippen molar-refractivity contribution in [3.8, 4) is 11.1 Å². The third-order valence-electron chi connectivity index (χ3n) is 8.84. The molecule has 1 aliphatic carbocycles. The third-order valence-corrected chi connectivity index (χ3v) is 10.2. The molecular formula is C34H44N4O4S. The molecule has 2 aliphatic rings. The standard InChI is InChI=1S/C34H44N4O4S/c1-6-7-14-31-35-34(19-10-11-20-34)33(39)38(31)22-26-16-18-28(27(21-26)17-15-23(2)3)29-12-8-9-13-30(29)43(40,41)37-32-24(4)25(5)42-36-32/h8-9,12-13,16,18,21,23H,6-7,10-11,14-15,17,19-20,22H2,1-5H3,(H,36,37). The number of hydrogen-bond acceptors (Lipinski definition) is 6. The Labute approximate surface area is 256 Å². The molecule has 1 aliphatic heterocycles. The van der Waals surface area contributed by atoms with Gasteiger partial charge in [0.2, 0.25) is 0 Å². The minimum atomic E-state index is -3.96. The van der Waals surface area contributed by atoms with Crippen LogP contribution in [0.25, 0.3) is 11.1 Å². The van der Waals surface area contributed by atoms with Gasteiger partial charge in [-0.05, 0) is 74.6 Å². The Morgan fingerprint density at radius 2 is 1.79 bits per heavy atom. The molecule has 2 aromatic carbocycles. The van der Waals surface area contributed by atoms with Gasteiger partial charge in [0.25, 0.3) is 15.9 Å². The highest BCUT2D eigenvalue weighted by atomic mass is 32.2. The van der Waals surface area contributed by atoms with E-state index in [4.69, 9.17) is 9.52 Å². The first kappa shape index (κ1) is 31.0. The van der Waals surface area contributed by atoms with Crippen molar-refractivity contribution >= 4 is 27.6 Å². The first-order chi connectivity index (χ1) is 20.5. The summed E-state index contributed by atoms with van der Waals surface area (Å²) < 4.78 is 35.1. The van der Waals surface area contributed by atoms with Gasteiger partial charge in [-0.25, -0.2) is 8.42 Å². The molecule has 0 saturated heterocycles. The van der Waals surface area contributed by atoms with Gasteiger partial charge in [0.1, 0.15) is 17.1 Å². The molecule has 1 saturated carbocycles. The molecular weight excluding hydrogens is 560 g/mol. The summed E-state index contributed by atoms with van der Waals surface area (Å²) in [4.78, 5) is 20.9. The lowest BCUT2D eigenvalue weighted by atomic mass is 9.92. The average molecular weight is 605 g/mol. The Kier molecular flexibility index (Phi) is 9.11. The number of rotatable bonds is 12. The molecule has 8 nitrogen and oxygen atoms in total. The topological polar surface area (TPSA) is 105 Å². The van der Waals surface area contributed by atoms with Gasteiger partial charge in [0, 0.05) is 17.5 Å². The number of anilines is 1. The van der Waals surface area contributed by atoms with E-state index in [-0.39, 0.29) is 16.6 Å². The summed E-state index contributed by atoms with van der Waals surface area (Å²) in [5.74, 6) is 2.30. The second-order valence-electron chi connectivity index (χ2n) is 12.5. The van der Waals surface area contributed by atoms with Crippen LogP contribution in [0, 0.1) is 19.8 Å².